The molecule has 33 heavy (non-hydrogen) atoms. The van der Waals surface area contributed by atoms with Crippen LogP contribution in [0.3, 0.4) is 0 Å². The van der Waals surface area contributed by atoms with Gasteiger partial charge in [0, 0.05) is 17.0 Å². The summed E-state index contributed by atoms with van der Waals surface area (Å²) in [6, 6.07) is 18.1. The Balaban J connectivity index is 1.60. The van der Waals surface area contributed by atoms with Gasteiger partial charge in [0.2, 0.25) is 5.95 Å². The predicted octanol–water partition coefficient (Wildman–Crippen LogP) is 6.57. The van der Waals surface area contributed by atoms with E-state index in [0.29, 0.717) is 40.3 Å². The third kappa shape index (κ3) is 4.71. The number of benzene rings is 3. The van der Waals surface area contributed by atoms with Crippen LogP contribution < -0.4 is 15.2 Å². The summed E-state index contributed by atoms with van der Waals surface area (Å²) in [5, 5.41) is 0.730. The third-order valence-corrected chi connectivity index (χ3v) is 6.09. The largest absolute Gasteiger partial charge is 0.486 e. The second kappa shape index (κ2) is 9.24. The number of hydrogen-bond acceptors (Lipinski definition) is 5. The first-order valence-electron chi connectivity index (χ1n) is 11.0. The number of aromatic nitrogens is 2. The maximum atomic E-state index is 13.8. The maximum Gasteiger partial charge on any atom is 0.221 e. The average molecular weight is 464 g/mol. The van der Waals surface area contributed by atoms with E-state index in [1.807, 2.05) is 42.5 Å². The van der Waals surface area contributed by atoms with Gasteiger partial charge in [-0.3, -0.25) is 0 Å². The Bertz CT molecular complexity index is 1290. The van der Waals surface area contributed by atoms with Crippen molar-refractivity contribution in [1.29, 1.82) is 0 Å². The number of rotatable bonds is 6. The fourth-order valence-electron chi connectivity index (χ4n) is 4.14. The minimum absolute atomic E-state index is 0.0135. The van der Waals surface area contributed by atoms with E-state index in [2.05, 4.69) is 9.97 Å². The molecule has 1 fully saturated rings. The van der Waals surface area contributed by atoms with Crippen molar-refractivity contribution in [2.45, 2.75) is 38.4 Å². The molecule has 0 amide bonds. The maximum absolute atomic E-state index is 13.8. The van der Waals surface area contributed by atoms with Crippen LogP contribution in [0.25, 0.3) is 22.2 Å². The quantitative estimate of drug-likeness (QED) is 0.350. The lowest BCUT2D eigenvalue weighted by Gasteiger charge is -2.18. The molecular formula is C26H23ClFN3O2. The van der Waals surface area contributed by atoms with Gasteiger partial charge in [0.15, 0.2) is 11.5 Å². The summed E-state index contributed by atoms with van der Waals surface area (Å²) in [6.07, 6.45) is 4.49. The van der Waals surface area contributed by atoms with Gasteiger partial charge in [-0.2, -0.15) is 0 Å². The molecule has 0 saturated heterocycles. The fourth-order valence-corrected chi connectivity index (χ4v) is 4.32. The lowest BCUT2D eigenvalue weighted by Crippen LogP contribution is -2.12. The number of fused-ring (bicyclic) bond motifs is 1. The van der Waals surface area contributed by atoms with Gasteiger partial charge in [-0.05, 0) is 55.5 Å². The molecule has 0 unspecified atom stereocenters. The predicted molar refractivity (Wildman–Crippen MR) is 128 cm³/mol. The van der Waals surface area contributed by atoms with Crippen LogP contribution in [0.15, 0.2) is 60.7 Å². The molecule has 1 saturated carbocycles. The molecule has 5 rings (SSSR count). The third-order valence-electron chi connectivity index (χ3n) is 5.80. The Kier molecular flexibility index (Phi) is 6.01. The lowest BCUT2D eigenvalue weighted by molar-refractivity contribution is 0.193. The molecule has 0 aliphatic heterocycles. The SMILES string of the molecule is Nc1nc(-c2ccc(F)c(Cl)c2)c2cc(OCc3ccccc3)c(OC3CCCC3)cc2n1. The highest BCUT2D eigenvalue weighted by Gasteiger charge is 2.21. The van der Waals surface area contributed by atoms with Gasteiger partial charge in [-0.1, -0.05) is 41.9 Å². The monoisotopic (exact) mass is 463 g/mol. The summed E-state index contributed by atoms with van der Waals surface area (Å²) in [7, 11) is 0. The number of ether oxygens (including phenoxy) is 2. The lowest BCUT2D eigenvalue weighted by atomic mass is 10.1. The van der Waals surface area contributed by atoms with E-state index in [0.717, 1.165) is 31.2 Å². The molecular weight excluding hydrogens is 441 g/mol. The summed E-state index contributed by atoms with van der Waals surface area (Å²) in [5.74, 6) is 0.848. The van der Waals surface area contributed by atoms with Gasteiger partial charge in [-0.15, -0.1) is 0 Å². The molecule has 1 aromatic heterocycles. The van der Waals surface area contributed by atoms with Crippen LogP contribution in [0.1, 0.15) is 31.2 Å². The highest BCUT2D eigenvalue weighted by molar-refractivity contribution is 6.31. The van der Waals surface area contributed by atoms with Gasteiger partial charge in [-0.25, -0.2) is 14.4 Å². The van der Waals surface area contributed by atoms with Gasteiger partial charge in [0.1, 0.15) is 12.4 Å². The molecule has 1 aliphatic carbocycles. The van der Waals surface area contributed by atoms with Crippen molar-refractivity contribution >= 4 is 28.5 Å². The van der Waals surface area contributed by atoms with E-state index in [9.17, 15) is 4.39 Å². The zero-order valence-electron chi connectivity index (χ0n) is 17.9. The molecule has 1 aliphatic rings. The molecule has 3 aromatic carbocycles. The Morgan fingerprint density at radius 2 is 1.76 bits per heavy atom. The van der Waals surface area contributed by atoms with Crippen LogP contribution >= 0.6 is 11.6 Å². The highest BCUT2D eigenvalue weighted by Crippen LogP contribution is 2.39. The molecule has 0 bridgehead atoms. The number of nitrogens with two attached hydrogens (primary N) is 1. The summed E-state index contributed by atoms with van der Waals surface area (Å²) >= 11 is 6.03. The van der Waals surface area contributed by atoms with Crippen molar-refractivity contribution in [2.24, 2.45) is 0 Å². The molecule has 2 N–H and O–H groups in total. The molecule has 168 valence electrons. The summed E-state index contributed by atoms with van der Waals surface area (Å²) < 4.78 is 26.3. The standard InChI is InChI=1S/C26H23ClFN3O2/c27-20-12-17(10-11-21(20)28)25-19-13-23(32-15-16-6-2-1-3-7-16)24(33-18-8-4-5-9-18)14-22(19)30-26(29)31-25/h1-3,6-7,10-14,18H,4-5,8-9,15H2,(H2,29,30,31). The molecule has 0 spiro atoms. The van der Waals surface area contributed by atoms with E-state index in [1.165, 1.54) is 12.1 Å². The van der Waals surface area contributed by atoms with E-state index in [-0.39, 0.29) is 17.1 Å². The molecule has 5 nitrogen and oxygen atoms in total. The minimum Gasteiger partial charge on any atom is -0.486 e. The zero-order chi connectivity index (χ0) is 22.8. The summed E-state index contributed by atoms with van der Waals surface area (Å²) in [6.45, 7) is 0.390. The first-order chi connectivity index (χ1) is 16.1. The number of anilines is 1. The topological polar surface area (TPSA) is 70.3 Å². The van der Waals surface area contributed by atoms with Crippen LogP contribution in [-0.2, 0) is 6.61 Å². The Morgan fingerprint density at radius 1 is 0.970 bits per heavy atom. The minimum atomic E-state index is -0.495. The Hall–Kier alpha value is -3.38. The first kappa shape index (κ1) is 21.5. The first-order valence-corrected chi connectivity index (χ1v) is 11.3. The van der Waals surface area contributed by atoms with Crippen LogP contribution in [-0.4, -0.2) is 16.1 Å². The van der Waals surface area contributed by atoms with E-state index < -0.39 is 5.82 Å². The number of nitrogens with zero attached hydrogens (tertiary/aromatic N) is 2. The Morgan fingerprint density at radius 3 is 2.52 bits per heavy atom. The summed E-state index contributed by atoms with van der Waals surface area (Å²) in [5.41, 5.74) is 8.87. The van der Waals surface area contributed by atoms with E-state index in [4.69, 9.17) is 26.8 Å². The van der Waals surface area contributed by atoms with Crippen molar-refractivity contribution in [3.05, 3.63) is 77.1 Å². The van der Waals surface area contributed by atoms with Crippen LogP contribution in [0.2, 0.25) is 5.02 Å². The smallest absolute Gasteiger partial charge is 0.221 e. The zero-order valence-corrected chi connectivity index (χ0v) is 18.7. The van der Waals surface area contributed by atoms with Gasteiger partial charge >= 0.3 is 0 Å². The van der Waals surface area contributed by atoms with Crippen LogP contribution in [0.5, 0.6) is 11.5 Å². The number of nitrogen functional groups attached to an aromatic ring is 1. The van der Waals surface area contributed by atoms with Gasteiger partial charge < -0.3 is 15.2 Å². The highest BCUT2D eigenvalue weighted by atomic mass is 35.5. The second-order valence-corrected chi connectivity index (χ2v) is 8.58. The van der Waals surface area contributed by atoms with Crippen molar-refractivity contribution in [2.75, 3.05) is 5.73 Å². The van der Waals surface area contributed by atoms with E-state index >= 15 is 0 Å². The second-order valence-electron chi connectivity index (χ2n) is 8.17. The summed E-state index contributed by atoms with van der Waals surface area (Å²) in [4.78, 5) is 8.84. The van der Waals surface area contributed by atoms with Crippen molar-refractivity contribution in [3.8, 4) is 22.8 Å². The average Bonchev–Trinajstić information content (AvgIpc) is 3.33. The normalized spacial score (nSPS) is 14.0. The number of hydrogen-bond donors (Lipinski definition) is 1. The van der Waals surface area contributed by atoms with Crippen LogP contribution in [0.4, 0.5) is 10.3 Å². The Labute approximate surface area is 196 Å². The van der Waals surface area contributed by atoms with E-state index in [1.54, 1.807) is 6.07 Å². The molecule has 7 heteroatoms. The van der Waals surface area contributed by atoms with Gasteiger partial charge in [0.25, 0.3) is 0 Å². The van der Waals surface area contributed by atoms with Crippen molar-refractivity contribution in [3.63, 3.8) is 0 Å². The molecule has 0 radical (unpaired) electrons. The van der Waals surface area contributed by atoms with Gasteiger partial charge in [0.05, 0.1) is 22.3 Å². The molecule has 0 atom stereocenters. The molecule has 4 aromatic rings. The van der Waals surface area contributed by atoms with Crippen LogP contribution in [0, 0.1) is 5.82 Å². The fraction of sp³-hybridized carbons (Fsp3) is 0.231. The van der Waals surface area contributed by atoms with Crippen molar-refractivity contribution in [1.82, 2.24) is 9.97 Å². The van der Waals surface area contributed by atoms with Crippen molar-refractivity contribution < 1.29 is 13.9 Å². The number of halogens is 2. The molecule has 1 heterocycles.